The van der Waals surface area contributed by atoms with Gasteiger partial charge >= 0.3 is 29.7 Å². The van der Waals surface area contributed by atoms with Gasteiger partial charge in [-0.05, 0) is 13.8 Å². The van der Waals surface area contributed by atoms with Crippen LogP contribution in [0.1, 0.15) is 26.7 Å². The van der Waals surface area contributed by atoms with Crippen LogP contribution in [-0.2, 0) is 19.1 Å². The van der Waals surface area contributed by atoms with Crippen molar-refractivity contribution < 1.29 is 55.6 Å². The summed E-state index contributed by atoms with van der Waals surface area (Å²) in [5.41, 5.74) is -0.594. The Morgan fingerprint density at radius 3 is 1.28 bits per heavy atom. The molecule has 0 bridgehead atoms. The molecule has 0 aliphatic heterocycles. The normalized spacial score (nSPS) is 14.7. The maximum absolute atomic E-state index is 14.0. The molecule has 0 saturated carbocycles. The van der Waals surface area contributed by atoms with Gasteiger partial charge in [-0.15, -0.1) is 0 Å². The summed E-state index contributed by atoms with van der Waals surface area (Å²) >= 11 is 0. The highest BCUT2D eigenvalue weighted by atomic mass is 19.3. The maximum Gasteiger partial charge on any atom is 0.372 e. The van der Waals surface area contributed by atoms with E-state index in [4.69, 9.17) is 10.2 Å². The Kier molecular flexibility index (Phi) is 9.38. The van der Waals surface area contributed by atoms with E-state index >= 15 is 0 Å². The summed E-state index contributed by atoms with van der Waals surface area (Å²) in [5.74, 6) is -19.5. The minimum Gasteiger partial charge on any atom is -0.456 e. The Morgan fingerprint density at radius 2 is 1.07 bits per heavy atom. The van der Waals surface area contributed by atoms with E-state index in [0.717, 1.165) is 13.8 Å². The summed E-state index contributed by atoms with van der Waals surface area (Å²) in [4.78, 5) is 22.6. The molecule has 0 saturated heterocycles. The quantitative estimate of drug-likeness (QED) is 0.278. The van der Waals surface area contributed by atoms with Gasteiger partial charge in [0, 0.05) is 11.1 Å². The number of hydrogen-bond acceptors (Lipinski definition) is 6. The van der Waals surface area contributed by atoms with Crippen molar-refractivity contribution in [2.75, 3.05) is 13.2 Å². The van der Waals surface area contributed by atoms with E-state index in [1.165, 1.54) is 0 Å². The number of alkyl halides is 6. The molecule has 0 fully saturated rings. The van der Waals surface area contributed by atoms with Crippen LogP contribution < -0.4 is 0 Å². The summed E-state index contributed by atoms with van der Waals surface area (Å²) in [5, 5.41) is 17.9. The van der Waals surface area contributed by atoms with E-state index in [1.54, 1.807) is 0 Å². The molecule has 0 radical (unpaired) electrons. The van der Waals surface area contributed by atoms with Crippen LogP contribution in [0.2, 0.25) is 0 Å². The Labute approximate surface area is 162 Å². The van der Waals surface area contributed by atoms with E-state index in [-0.39, 0.29) is 11.1 Å². The van der Waals surface area contributed by atoms with Gasteiger partial charge in [-0.25, -0.2) is 9.59 Å². The van der Waals surface area contributed by atoms with Crippen LogP contribution in [0.25, 0.3) is 0 Å². The van der Waals surface area contributed by atoms with Gasteiger partial charge in [0.15, 0.2) is 0 Å². The molecule has 0 heterocycles. The zero-order valence-corrected chi connectivity index (χ0v) is 15.7. The lowest BCUT2D eigenvalue weighted by Gasteiger charge is -2.35. The molecule has 168 valence electrons. The number of aliphatic hydroxyl groups excluding tert-OH is 2. The number of carbonyl (C=O) groups is 2. The van der Waals surface area contributed by atoms with Crippen molar-refractivity contribution in [2.45, 2.75) is 56.7 Å². The van der Waals surface area contributed by atoms with Crippen LogP contribution in [0.15, 0.2) is 24.3 Å². The summed E-state index contributed by atoms with van der Waals surface area (Å²) in [7, 11) is 0. The van der Waals surface area contributed by atoms with E-state index < -0.39 is 68.0 Å². The summed E-state index contributed by atoms with van der Waals surface area (Å²) in [6, 6.07) is 0. The van der Waals surface area contributed by atoms with Crippen molar-refractivity contribution in [3.63, 3.8) is 0 Å². The second kappa shape index (κ2) is 10.1. The van der Waals surface area contributed by atoms with Crippen molar-refractivity contribution >= 4 is 11.9 Å². The molecule has 0 rings (SSSR count). The van der Waals surface area contributed by atoms with Crippen molar-refractivity contribution in [1.29, 1.82) is 0 Å². The number of esters is 2. The summed E-state index contributed by atoms with van der Waals surface area (Å²) in [6.07, 6.45) is -8.68. The monoisotopic (exact) mass is 436 g/mol. The molecule has 0 aliphatic carbocycles. The van der Waals surface area contributed by atoms with Gasteiger partial charge in [-0.3, -0.25) is 0 Å². The molecule has 2 atom stereocenters. The van der Waals surface area contributed by atoms with Crippen molar-refractivity contribution in [1.82, 2.24) is 0 Å². The van der Waals surface area contributed by atoms with E-state index in [2.05, 4.69) is 22.6 Å². The first-order valence-electron chi connectivity index (χ1n) is 8.10. The molecule has 6 nitrogen and oxygen atoms in total. The molecular formula is C17H22F6O6. The lowest BCUT2D eigenvalue weighted by atomic mass is 9.95. The average Bonchev–Trinajstić information content (AvgIpc) is 2.59. The van der Waals surface area contributed by atoms with Crippen LogP contribution in [0, 0.1) is 0 Å². The summed E-state index contributed by atoms with van der Waals surface area (Å²) in [6.45, 7) is 5.78. The number of hydrogen-bond donors (Lipinski definition) is 2. The number of aliphatic hydroxyl groups is 2. The lowest BCUT2D eigenvalue weighted by molar-refractivity contribution is -0.321. The maximum atomic E-state index is 14.0. The first kappa shape index (κ1) is 26.9. The standard InChI is InChI=1S/C17H22F6O6/c1-9(2)13(26)28-11(7-24)5-15(18,19)17(22,23)16(20,21)6-12(8-25)29-14(27)10(3)4/h11-12,24-25H,1,3,5-8H2,2,4H3. The van der Waals surface area contributed by atoms with Crippen molar-refractivity contribution in [3.8, 4) is 0 Å². The molecule has 0 aromatic rings. The van der Waals surface area contributed by atoms with Gasteiger partial charge < -0.3 is 19.7 Å². The van der Waals surface area contributed by atoms with Gasteiger partial charge in [0.1, 0.15) is 12.2 Å². The minimum absolute atomic E-state index is 0.297. The molecular weight excluding hydrogens is 414 g/mol. The van der Waals surface area contributed by atoms with Crippen LogP contribution in [-0.4, -0.2) is 65.3 Å². The van der Waals surface area contributed by atoms with Crippen LogP contribution in [0.4, 0.5) is 26.3 Å². The molecule has 29 heavy (non-hydrogen) atoms. The smallest absolute Gasteiger partial charge is 0.372 e. The van der Waals surface area contributed by atoms with Crippen LogP contribution in [0.5, 0.6) is 0 Å². The highest BCUT2D eigenvalue weighted by Crippen LogP contribution is 2.50. The predicted molar refractivity (Wildman–Crippen MR) is 87.6 cm³/mol. The molecule has 0 aromatic carbocycles. The molecule has 2 N–H and O–H groups in total. The lowest BCUT2D eigenvalue weighted by Crippen LogP contribution is -2.57. The fourth-order valence-electron chi connectivity index (χ4n) is 1.89. The molecule has 0 aliphatic rings. The average molecular weight is 436 g/mol. The zero-order chi connectivity index (χ0) is 23.2. The number of ether oxygens (including phenoxy) is 2. The highest BCUT2D eigenvalue weighted by Gasteiger charge is 2.71. The topological polar surface area (TPSA) is 93.1 Å². The number of rotatable bonds is 12. The van der Waals surface area contributed by atoms with E-state index in [0.29, 0.717) is 0 Å². The number of carbonyl (C=O) groups excluding carboxylic acids is 2. The van der Waals surface area contributed by atoms with E-state index in [9.17, 15) is 35.9 Å². The third-order valence-corrected chi connectivity index (χ3v) is 3.54. The van der Waals surface area contributed by atoms with Crippen LogP contribution in [0.3, 0.4) is 0 Å². The van der Waals surface area contributed by atoms with Crippen molar-refractivity contribution in [3.05, 3.63) is 24.3 Å². The van der Waals surface area contributed by atoms with Gasteiger partial charge in [-0.2, -0.15) is 26.3 Å². The Morgan fingerprint density at radius 1 is 0.793 bits per heavy atom. The van der Waals surface area contributed by atoms with Gasteiger partial charge in [0.05, 0.1) is 26.1 Å². The molecule has 0 spiro atoms. The van der Waals surface area contributed by atoms with Gasteiger partial charge in [0.2, 0.25) is 0 Å². The second-order valence-electron chi connectivity index (χ2n) is 6.37. The first-order chi connectivity index (χ1) is 13.0. The molecule has 0 aromatic heterocycles. The summed E-state index contributed by atoms with van der Waals surface area (Å²) < 4.78 is 92.6. The van der Waals surface area contributed by atoms with Crippen LogP contribution >= 0.6 is 0 Å². The number of halogens is 6. The fraction of sp³-hybridized carbons (Fsp3) is 0.647. The zero-order valence-electron chi connectivity index (χ0n) is 15.7. The molecule has 12 heteroatoms. The van der Waals surface area contributed by atoms with Gasteiger partial charge in [0.25, 0.3) is 0 Å². The fourth-order valence-corrected chi connectivity index (χ4v) is 1.89. The Hall–Kier alpha value is -2.08. The SMILES string of the molecule is C=C(C)C(=O)OC(CO)CC(F)(F)C(F)(F)C(F)(F)CC(CO)OC(=O)C(=C)C. The predicted octanol–water partition coefficient (Wildman–Crippen LogP) is 2.63. The molecule has 0 amide bonds. The van der Waals surface area contributed by atoms with E-state index in [1.807, 2.05) is 0 Å². The first-order valence-corrected chi connectivity index (χ1v) is 8.10. The Bertz CT molecular complexity index is 582. The van der Waals surface area contributed by atoms with Crippen molar-refractivity contribution in [2.24, 2.45) is 0 Å². The third-order valence-electron chi connectivity index (χ3n) is 3.54. The largest absolute Gasteiger partial charge is 0.456 e. The third kappa shape index (κ3) is 7.03. The minimum atomic E-state index is -6.01. The Balaban J connectivity index is 5.49. The van der Waals surface area contributed by atoms with Gasteiger partial charge in [-0.1, -0.05) is 13.2 Å². The highest BCUT2D eigenvalue weighted by molar-refractivity contribution is 5.87. The second-order valence-corrected chi connectivity index (χ2v) is 6.37. The molecule has 2 unspecified atom stereocenters.